The Hall–Kier alpha value is -1.44. The van der Waals surface area contributed by atoms with Crippen molar-refractivity contribution in [3.63, 3.8) is 0 Å². The zero-order chi connectivity index (χ0) is 12.3. The maximum atomic E-state index is 8.85. The van der Waals surface area contributed by atoms with Gasteiger partial charge in [0.1, 0.15) is 11.8 Å². The first kappa shape index (κ1) is 12.0. The Labute approximate surface area is 112 Å². The first-order chi connectivity index (χ1) is 8.20. The monoisotopic (exact) mass is 310 g/mol. The van der Waals surface area contributed by atoms with Gasteiger partial charge in [-0.1, -0.05) is 11.6 Å². The van der Waals surface area contributed by atoms with E-state index in [4.69, 9.17) is 21.3 Å². The average molecular weight is 312 g/mol. The number of benzene rings is 1. The van der Waals surface area contributed by atoms with E-state index in [0.717, 1.165) is 15.9 Å². The largest absolute Gasteiger partial charge is 0.466 e. The van der Waals surface area contributed by atoms with E-state index in [1.54, 1.807) is 18.4 Å². The molecule has 2 aromatic rings. The second-order valence-electron chi connectivity index (χ2n) is 3.35. The number of nitriles is 1. The number of hydrogen-bond acceptors (Lipinski definition) is 3. The van der Waals surface area contributed by atoms with Gasteiger partial charge < -0.3 is 9.73 Å². The number of anilines is 1. The molecule has 0 bridgehead atoms. The summed E-state index contributed by atoms with van der Waals surface area (Å²) in [5.41, 5.74) is 1.28. The standard InChI is InChI=1S/C12H8BrClN2O/c13-10-3-4-17-12(10)7-16-9-1-2-11(14)8(5-9)6-15/h1-5,16H,7H2. The van der Waals surface area contributed by atoms with Crippen molar-refractivity contribution in [2.24, 2.45) is 0 Å². The molecule has 2 rings (SSSR count). The van der Waals surface area contributed by atoms with E-state index >= 15 is 0 Å². The zero-order valence-corrected chi connectivity index (χ0v) is 11.0. The Morgan fingerprint density at radius 3 is 2.88 bits per heavy atom. The van der Waals surface area contributed by atoms with E-state index in [0.29, 0.717) is 17.1 Å². The molecule has 0 saturated heterocycles. The maximum absolute atomic E-state index is 8.85. The Morgan fingerprint density at radius 2 is 2.24 bits per heavy atom. The molecule has 1 aromatic carbocycles. The molecule has 1 N–H and O–H groups in total. The van der Waals surface area contributed by atoms with Crippen LogP contribution in [0, 0.1) is 11.3 Å². The van der Waals surface area contributed by atoms with Crippen molar-refractivity contribution in [2.75, 3.05) is 5.32 Å². The summed E-state index contributed by atoms with van der Waals surface area (Å²) >= 11 is 9.22. The van der Waals surface area contributed by atoms with Crippen LogP contribution in [0.4, 0.5) is 5.69 Å². The maximum Gasteiger partial charge on any atom is 0.136 e. The molecular formula is C12H8BrClN2O. The lowest BCUT2D eigenvalue weighted by Crippen LogP contribution is -1.99. The van der Waals surface area contributed by atoms with Crippen molar-refractivity contribution in [1.82, 2.24) is 0 Å². The fraction of sp³-hybridized carbons (Fsp3) is 0.0833. The van der Waals surface area contributed by atoms with E-state index in [-0.39, 0.29) is 0 Å². The Bertz CT molecular complexity index is 574. The Morgan fingerprint density at radius 1 is 1.41 bits per heavy atom. The first-order valence-corrected chi connectivity index (χ1v) is 6.03. The minimum absolute atomic E-state index is 0.454. The third kappa shape index (κ3) is 2.82. The molecule has 1 heterocycles. The summed E-state index contributed by atoms with van der Waals surface area (Å²) < 4.78 is 6.18. The molecule has 0 aliphatic rings. The summed E-state index contributed by atoms with van der Waals surface area (Å²) in [6, 6.07) is 9.09. The van der Waals surface area contributed by atoms with Crippen LogP contribution in [0.25, 0.3) is 0 Å². The van der Waals surface area contributed by atoms with Crippen molar-refractivity contribution >= 4 is 33.2 Å². The van der Waals surface area contributed by atoms with Gasteiger partial charge in [-0.3, -0.25) is 0 Å². The van der Waals surface area contributed by atoms with Crippen LogP contribution in [0.2, 0.25) is 5.02 Å². The minimum Gasteiger partial charge on any atom is -0.466 e. The summed E-state index contributed by atoms with van der Waals surface area (Å²) in [6.45, 7) is 0.542. The Balaban J connectivity index is 2.10. The van der Waals surface area contributed by atoms with E-state index in [2.05, 4.69) is 21.2 Å². The summed E-state index contributed by atoms with van der Waals surface area (Å²) in [4.78, 5) is 0. The van der Waals surface area contributed by atoms with Crippen LogP contribution >= 0.6 is 27.5 Å². The highest BCUT2D eigenvalue weighted by molar-refractivity contribution is 9.10. The number of halogens is 2. The van der Waals surface area contributed by atoms with Gasteiger partial charge in [-0.15, -0.1) is 0 Å². The second-order valence-corrected chi connectivity index (χ2v) is 4.61. The van der Waals surface area contributed by atoms with E-state index in [9.17, 15) is 0 Å². The molecular weight excluding hydrogens is 304 g/mol. The van der Waals surface area contributed by atoms with E-state index < -0.39 is 0 Å². The van der Waals surface area contributed by atoms with Crippen LogP contribution in [0.1, 0.15) is 11.3 Å². The summed E-state index contributed by atoms with van der Waals surface area (Å²) in [6.07, 6.45) is 1.61. The predicted octanol–water partition coefficient (Wildman–Crippen LogP) is 4.18. The van der Waals surface area contributed by atoms with Crippen molar-refractivity contribution in [3.05, 3.63) is 51.3 Å². The quantitative estimate of drug-likeness (QED) is 0.925. The van der Waals surface area contributed by atoms with Gasteiger partial charge in [-0.05, 0) is 40.2 Å². The topological polar surface area (TPSA) is 49.0 Å². The number of furan rings is 1. The van der Waals surface area contributed by atoms with Crippen LogP contribution in [-0.2, 0) is 6.54 Å². The van der Waals surface area contributed by atoms with Gasteiger partial charge in [0.25, 0.3) is 0 Å². The second kappa shape index (κ2) is 5.26. The van der Waals surface area contributed by atoms with Gasteiger partial charge in [0.15, 0.2) is 0 Å². The predicted molar refractivity (Wildman–Crippen MR) is 69.9 cm³/mol. The molecule has 0 unspecified atom stereocenters. The fourth-order valence-corrected chi connectivity index (χ4v) is 1.86. The lowest BCUT2D eigenvalue weighted by atomic mass is 10.2. The van der Waals surface area contributed by atoms with Crippen LogP contribution < -0.4 is 5.32 Å². The molecule has 86 valence electrons. The number of nitrogens with zero attached hydrogens (tertiary/aromatic N) is 1. The fourth-order valence-electron chi connectivity index (χ4n) is 1.35. The number of hydrogen-bond donors (Lipinski definition) is 1. The molecule has 3 nitrogen and oxygen atoms in total. The van der Waals surface area contributed by atoms with Gasteiger partial charge in [-0.2, -0.15) is 5.26 Å². The van der Waals surface area contributed by atoms with E-state index in [1.807, 2.05) is 18.2 Å². The molecule has 5 heteroatoms. The number of rotatable bonds is 3. The highest BCUT2D eigenvalue weighted by Gasteiger charge is 2.04. The van der Waals surface area contributed by atoms with Crippen LogP contribution in [0.3, 0.4) is 0 Å². The van der Waals surface area contributed by atoms with Crippen LogP contribution in [0.15, 0.2) is 39.4 Å². The molecule has 0 radical (unpaired) electrons. The molecule has 0 saturated carbocycles. The average Bonchev–Trinajstić information content (AvgIpc) is 2.74. The van der Waals surface area contributed by atoms with Crippen LogP contribution in [-0.4, -0.2) is 0 Å². The molecule has 0 aliphatic carbocycles. The minimum atomic E-state index is 0.454. The summed E-state index contributed by atoms with van der Waals surface area (Å²) in [7, 11) is 0. The normalized spacial score (nSPS) is 9.94. The first-order valence-electron chi connectivity index (χ1n) is 4.86. The Kier molecular flexibility index (Phi) is 3.72. The molecule has 0 spiro atoms. The van der Waals surface area contributed by atoms with Crippen molar-refractivity contribution in [2.45, 2.75) is 6.54 Å². The third-order valence-corrected chi connectivity index (χ3v) is 3.27. The highest BCUT2D eigenvalue weighted by atomic mass is 79.9. The smallest absolute Gasteiger partial charge is 0.136 e. The molecule has 0 atom stereocenters. The van der Waals surface area contributed by atoms with Crippen molar-refractivity contribution < 1.29 is 4.42 Å². The SMILES string of the molecule is N#Cc1cc(NCc2occc2Br)ccc1Cl. The molecule has 0 aliphatic heterocycles. The third-order valence-electron chi connectivity index (χ3n) is 2.23. The molecule has 17 heavy (non-hydrogen) atoms. The van der Waals surface area contributed by atoms with Gasteiger partial charge in [0.2, 0.25) is 0 Å². The number of nitrogens with one attached hydrogen (secondary N) is 1. The summed E-state index contributed by atoms with van der Waals surface area (Å²) in [5.74, 6) is 0.804. The van der Waals surface area contributed by atoms with Crippen LogP contribution in [0.5, 0.6) is 0 Å². The summed E-state index contributed by atoms with van der Waals surface area (Å²) in [5, 5.41) is 12.5. The zero-order valence-electron chi connectivity index (χ0n) is 8.71. The molecule has 1 aromatic heterocycles. The van der Waals surface area contributed by atoms with Crippen molar-refractivity contribution in [3.8, 4) is 6.07 Å². The lowest BCUT2D eigenvalue weighted by molar-refractivity contribution is 0.516. The van der Waals surface area contributed by atoms with E-state index in [1.165, 1.54) is 0 Å². The van der Waals surface area contributed by atoms with Gasteiger partial charge >= 0.3 is 0 Å². The van der Waals surface area contributed by atoms with Gasteiger partial charge in [0, 0.05) is 5.69 Å². The highest BCUT2D eigenvalue weighted by Crippen LogP contribution is 2.22. The lowest BCUT2D eigenvalue weighted by Gasteiger charge is -2.05. The van der Waals surface area contributed by atoms with Crippen molar-refractivity contribution in [1.29, 1.82) is 5.26 Å². The molecule has 0 amide bonds. The van der Waals surface area contributed by atoms with Gasteiger partial charge in [-0.25, -0.2) is 0 Å². The van der Waals surface area contributed by atoms with Gasteiger partial charge in [0.05, 0.1) is 27.9 Å². The molecule has 0 fully saturated rings.